The molecule has 0 aliphatic heterocycles. The van der Waals surface area contributed by atoms with Gasteiger partial charge in [0.1, 0.15) is 0 Å². The molecule has 0 saturated heterocycles. The standard InChI is InChI=1S/C11H15NS/c1-3-13-10(2)12-9-11-7-5-4-6-8-11/h4-10H,3H2,1-2H3/b12-9+. The van der Waals surface area contributed by atoms with Crippen molar-refractivity contribution in [2.45, 2.75) is 19.2 Å². The molecular weight excluding hydrogens is 178 g/mol. The molecule has 70 valence electrons. The van der Waals surface area contributed by atoms with Gasteiger partial charge in [0.15, 0.2) is 0 Å². The second-order valence-electron chi connectivity index (χ2n) is 2.74. The molecule has 0 heterocycles. The highest BCUT2D eigenvalue weighted by atomic mass is 32.2. The van der Waals surface area contributed by atoms with Gasteiger partial charge in [-0.15, -0.1) is 11.8 Å². The molecule has 2 heteroatoms. The molecule has 0 amide bonds. The Labute approximate surface area is 84.3 Å². The van der Waals surface area contributed by atoms with E-state index in [4.69, 9.17) is 0 Å². The largest absolute Gasteiger partial charge is 0.279 e. The molecule has 1 nitrogen and oxygen atoms in total. The summed E-state index contributed by atoms with van der Waals surface area (Å²) in [5.41, 5.74) is 1.17. The Hall–Kier alpha value is -0.760. The van der Waals surface area contributed by atoms with Gasteiger partial charge in [0.05, 0.1) is 5.37 Å². The molecular formula is C11H15NS. The van der Waals surface area contributed by atoms with Gasteiger partial charge < -0.3 is 0 Å². The van der Waals surface area contributed by atoms with Crippen LogP contribution >= 0.6 is 11.8 Å². The molecule has 0 aliphatic rings. The highest BCUT2D eigenvalue weighted by molar-refractivity contribution is 7.99. The predicted molar refractivity (Wildman–Crippen MR) is 61.6 cm³/mol. The minimum Gasteiger partial charge on any atom is -0.279 e. The monoisotopic (exact) mass is 193 g/mol. The van der Waals surface area contributed by atoms with Crippen LogP contribution in [0.3, 0.4) is 0 Å². The third-order valence-electron chi connectivity index (χ3n) is 1.64. The first-order chi connectivity index (χ1) is 6.33. The topological polar surface area (TPSA) is 12.4 Å². The van der Waals surface area contributed by atoms with E-state index < -0.39 is 0 Å². The van der Waals surface area contributed by atoms with Crippen molar-refractivity contribution in [1.29, 1.82) is 0 Å². The fourth-order valence-electron chi connectivity index (χ4n) is 1.01. The highest BCUT2D eigenvalue weighted by Crippen LogP contribution is 2.10. The lowest BCUT2D eigenvalue weighted by molar-refractivity contribution is 1.05. The lowest BCUT2D eigenvalue weighted by atomic mass is 10.2. The van der Waals surface area contributed by atoms with Crippen LogP contribution in [0.1, 0.15) is 19.4 Å². The van der Waals surface area contributed by atoms with Crippen molar-refractivity contribution >= 4 is 18.0 Å². The average molecular weight is 193 g/mol. The van der Waals surface area contributed by atoms with E-state index in [1.165, 1.54) is 5.56 Å². The maximum Gasteiger partial charge on any atom is 0.0923 e. The van der Waals surface area contributed by atoms with Gasteiger partial charge >= 0.3 is 0 Å². The van der Waals surface area contributed by atoms with Crippen molar-refractivity contribution < 1.29 is 0 Å². The Bertz CT molecular complexity index is 256. The van der Waals surface area contributed by atoms with Crippen LogP contribution in [0.15, 0.2) is 35.3 Å². The van der Waals surface area contributed by atoms with Gasteiger partial charge in [-0.05, 0) is 18.2 Å². The average Bonchev–Trinajstić information content (AvgIpc) is 2.17. The summed E-state index contributed by atoms with van der Waals surface area (Å²) in [6, 6.07) is 10.2. The number of thioether (sulfide) groups is 1. The van der Waals surface area contributed by atoms with Crippen molar-refractivity contribution in [1.82, 2.24) is 0 Å². The maximum atomic E-state index is 4.42. The summed E-state index contributed by atoms with van der Waals surface area (Å²) in [6.07, 6.45) is 1.94. The maximum absolute atomic E-state index is 4.42. The fraction of sp³-hybridized carbons (Fsp3) is 0.364. The third-order valence-corrected chi connectivity index (χ3v) is 2.58. The highest BCUT2D eigenvalue weighted by Gasteiger charge is 1.94. The van der Waals surface area contributed by atoms with Crippen molar-refractivity contribution in [3.8, 4) is 0 Å². The Morgan fingerprint density at radius 2 is 2.08 bits per heavy atom. The van der Waals surface area contributed by atoms with E-state index in [9.17, 15) is 0 Å². The fourth-order valence-corrected chi connectivity index (χ4v) is 1.64. The second kappa shape index (κ2) is 5.81. The van der Waals surface area contributed by atoms with Crippen LogP contribution in [-0.2, 0) is 0 Å². The molecule has 0 spiro atoms. The Balaban J connectivity index is 2.49. The molecule has 0 saturated carbocycles. The summed E-state index contributed by atoms with van der Waals surface area (Å²) in [7, 11) is 0. The molecule has 13 heavy (non-hydrogen) atoms. The van der Waals surface area contributed by atoms with Gasteiger partial charge in [0.25, 0.3) is 0 Å². The van der Waals surface area contributed by atoms with Gasteiger partial charge in [0, 0.05) is 6.21 Å². The first-order valence-electron chi connectivity index (χ1n) is 4.52. The smallest absolute Gasteiger partial charge is 0.0923 e. The van der Waals surface area contributed by atoms with E-state index in [0.717, 1.165) is 5.75 Å². The van der Waals surface area contributed by atoms with Gasteiger partial charge in [-0.1, -0.05) is 37.3 Å². The molecule has 0 bridgehead atoms. The Kier molecular flexibility index (Phi) is 4.61. The van der Waals surface area contributed by atoms with Crippen molar-refractivity contribution in [3.05, 3.63) is 35.9 Å². The molecule has 0 aromatic heterocycles. The van der Waals surface area contributed by atoms with Crippen molar-refractivity contribution in [3.63, 3.8) is 0 Å². The van der Waals surface area contributed by atoms with E-state index in [-0.39, 0.29) is 0 Å². The summed E-state index contributed by atoms with van der Waals surface area (Å²) in [5.74, 6) is 1.12. The quantitative estimate of drug-likeness (QED) is 0.669. The first kappa shape index (κ1) is 10.3. The predicted octanol–water partition coefficient (Wildman–Crippen LogP) is 3.20. The SMILES string of the molecule is CCSC(C)/N=C/c1ccccc1. The Morgan fingerprint density at radius 1 is 1.38 bits per heavy atom. The lowest BCUT2D eigenvalue weighted by Crippen LogP contribution is -1.92. The summed E-state index contributed by atoms with van der Waals surface area (Å²) >= 11 is 1.85. The minimum absolute atomic E-state index is 0.366. The van der Waals surface area contributed by atoms with Gasteiger partial charge in [-0.2, -0.15) is 0 Å². The minimum atomic E-state index is 0.366. The zero-order valence-corrected chi connectivity index (χ0v) is 8.92. The molecule has 1 aromatic rings. The zero-order chi connectivity index (χ0) is 9.52. The van der Waals surface area contributed by atoms with Gasteiger partial charge in [-0.3, -0.25) is 4.99 Å². The summed E-state index contributed by atoms with van der Waals surface area (Å²) < 4.78 is 0. The molecule has 0 fully saturated rings. The summed E-state index contributed by atoms with van der Waals surface area (Å²) in [6.45, 7) is 4.27. The normalized spacial score (nSPS) is 13.4. The lowest BCUT2D eigenvalue weighted by Gasteiger charge is -2.01. The Morgan fingerprint density at radius 3 is 2.69 bits per heavy atom. The van der Waals surface area contributed by atoms with Crippen LogP contribution in [0.2, 0.25) is 0 Å². The van der Waals surface area contributed by atoms with Gasteiger partial charge in [-0.25, -0.2) is 0 Å². The second-order valence-corrected chi connectivity index (χ2v) is 4.34. The van der Waals surface area contributed by atoms with Crippen LogP contribution in [-0.4, -0.2) is 17.3 Å². The number of hydrogen-bond acceptors (Lipinski definition) is 2. The number of nitrogens with zero attached hydrogens (tertiary/aromatic N) is 1. The van der Waals surface area contributed by atoms with E-state index in [0.29, 0.717) is 5.37 Å². The molecule has 1 rings (SSSR count). The third kappa shape index (κ3) is 4.13. The molecule has 0 aliphatic carbocycles. The van der Waals surface area contributed by atoms with Crippen LogP contribution in [0.5, 0.6) is 0 Å². The molecule has 0 N–H and O–H groups in total. The van der Waals surface area contributed by atoms with Crippen LogP contribution in [0.25, 0.3) is 0 Å². The van der Waals surface area contributed by atoms with Crippen molar-refractivity contribution in [2.75, 3.05) is 5.75 Å². The van der Waals surface area contributed by atoms with Crippen LogP contribution in [0.4, 0.5) is 0 Å². The van der Waals surface area contributed by atoms with Crippen LogP contribution < -0.4 is 0 Å². The first-order valence-corrected chi connectivity index (χ1v) is 5.57. The van der Waals surface area contributed by atoms with Gasteiger partial charge in [0.2, 0.25) is 0 Å². The van der Waals surface area contributed by atoms with E-state index in [1.54, 1.807) is 0 Å². The molecule has 1 unspecified atom stereocenters. The number of aliphatic imine (C=N–C) groups is 1. The number of hydrogen-bond donors (Lipinski definition) is 0. The summed E-state index contributed by atoms with van der Waals surface area (Å²) in [4.78, 5) is 4.42. The molecule has 1 aromatic carbocycles. The molecule has 0 radical (unpaired) electrons. The van der Waals surface area contributed by atoms with E-state index >= 15 is 0 Å². The zero-order valence-electron chi connectivity index (χ0n) is 8.10. The van der Waals surface area contributed by atoms with Crippen LogP contribution in [0, 0.1) is 0 Å². The number of benzene rings is 1. The van der Waals surface area contributed by atoms with E-state index in [1.807, 2.05) is 36.2 Å². The number of rotatable bonds is 4. The van der Waals surface area contributed by atoms with E-state index in [2.05, 4.69) is 31.0 Å². The van der Waals surface area contributed by atoms with Crippen molar-refractivity contribution in [2.24, 2.45) is 4.99 Å². The summed E-state index contributed by atoms with van der Waals surface area (Å²) in [5, 5.41) is 0.366. The molecule has 1 atom stereocenters.